The molecule has 5 heteroatoms. The van der Waals surface area contributed by atoms with Crippen LogP contribution < -0.4 is 0 Å². The summed E-state index contributed by atoms with van der Waals surface area (Å²) < 4.78 is 10.6. The Morgan fingerprint density at radius 3 is 1.28 bits per heavy atom. The van der Waals surface area contributed by atoms with E-state index in [1.807, 2.05) is 0 Å². The second-order valence-electron chi connectivity index (χ2n) is 13.7. The van der Waals surface area contributed by atoms with Crippen LogP contribution in [-0.2, 0) is 19.1 Å². The molecule has 1 atom stereocenters. The lowest BCUT2D eigenvalue weighted by Crippen LogP contribution is -2.28. The van der Waals surface area contributed by atoms with Gasteiger partial charge in [0.25, 0.3) is 0 Å². The van der Waals surface area contributed by atoms with Crippen molar-refractivity contribution in [2.24, 2.45) is 0 Å². The summed E-state index contributed by atoms with van der Waals surface area (Å²) in [7, 11) is 0. The van der Waals surface area contributed by atoms with Crippen molar-refractivity contribution in [2.45, 2.75) is 200 Å². The fraction of sp³-hybridized carbons (Fsp3) is 0.733. The molecule has 0 aliphatic heterocycles. The third-order valence-electron chi connectivity index (χ3n) is 8.78. The van der Waals surface area contributed by atoms with Crippen molar-refractivity contribution in [2.75, 3.05) is 13.2 Å². The van der Waals surface area contributed by atoms with Gasteiger partial charge in [0.05, 0.1) is 6.61 Å². The highest BCUT2D eigenvalue weighted by molar-refractivity contribution is 5.70. The van der Waals surface area contributed by atoms with E-state index in [0.29, 0.717) is 12.8 Å². The van der Waals surface area contributed by atoms with E-state index in [-0.39, 0.29) is 25.2 Å². The van der Waals surface area contributed by atoms with Gasteiger partial charge in [-0.1, -0.05) is 158 Å². The van der Waals surface area contributed by atoms with Crippen LogP contribution in [0.25, 0.3) is 0 Å². The van der Waals surface area contributed by atoms with E-state index in [1.54, 1.807) is 0 Å². The number of ether oxygens (including phenoxy) is 2. The molecule has 0 rings (SSSR count). The first-order chi connectivity index (χ1) is 24.6. The molecule has 0 aromatic heterocycles. The number of hydrogen-bond donors (Lipinski definition) is 1. The van der Waals surface area contributed by atoms with Crippen LogP contribution in [0, 0.1) is 0 Å². The Bertz CT molecular complexity index is 884. The summed E-state index contributed by atoms with van der Waals surface area (Å²) in [4.78, 5) is 24.3. The predicted octanol–water partition coefficient (Wildman–Crippen LogP) is 13.2. The van der Waals surface area contributed by atoms with Crippen LogP contribution in [0.4, 0.5) is 0 Å². The molecule has 1 N–H and O–H groups in total. The summed E-state index contributed by atoms with van der Waals surface area (Å²) in [6.45, 7) is 4.07. The van der Waals surface area contributed by atoms with Crippen LogP contribution in [0.5, 0.6) is 0 Å². The van der Waals surface area contributed by atoms with Crippen molar-refractivity contribution >= 4 is 11.9 Å². The number of carbonyl (C=O) groups is 2. The third-order valence-corrected chi connectivity index (χ3v) is 8.78. The Morgan fingerprint density at radius 2 is 0.800 bits per heavy atom. The van der Waals surface area contributed by atoms with Gasteiger partial charge in [0.15, 0.2) is 6.10 Å². The fourth-order valence-corrected chi connectivity index (χ4v) is 5.59. The molecule has 0 aliphatic carbocycles. The van der Waals surface area contributed by atoms with Gasteiger partial charge in [0.2, 0.25) is 0 Å². The molecule has 5 nitrogen and oxygen atoms in total. The first-order valence-electron chi connectivity index (χ1n) is 20.8. The maximum atomic E-state index is 12.2. The van der Waals surface area contributed by atoms with E-state index in [2.05, 4.69) is 74.6 Å². The summed E-state index contributed by atoms with van der Waals surface area (Å²) >= 11 is 0. The molecule has 50 heavy (non-hydrogen) atoms. The van der Waals surface area contributed by atoms with Gasteiger partial charge >= 0.3 is 11.9 Å². The van der Waals surface area contributed by atoms with Crippen LogP contribution in [0.15, 0.2) is 60.8 Å². The Morgan fingerprint density at radius 1 is 0.460 bits per heavy atom. The quantitative estimate of drug-likeness (QED) is 0.0397. The molecule has 288 valence electrons. The molecule has 0 aromatic carbocycles. The Hall–Kier alpha value is -2.40. The van der Waals surface area contributed by atoms with Crippen LogP contribution >= 0.6 is 0 Å². The van der Waals surface area contributed by atoms with Gasteiger partial charge in [-0.25, -0.2) is 0 Å². The summed E-state index contributed by atoms with van der Waals surface area (Å²) in [5, 5.41) is 9.56. The summed E-state index contributed by atoms with van der Waals surface area (Å²) in [5.74, 6) is -0.633. The SMILES string of the molecule is CCCCC/C=C\C/C=C\C/C=C\C/C=C\CCCCCC(=O)OC[C@H](CO)OC(=O)CCCCCCCCC/C=C\CCCCCCCC. The van der Waals surface area contributed by atoms with Crippen LogP contribution in [-0.4, -0.2) is 36.4 Å². The Kier molecular flexibility index (Phi) is 39.1. The average molecular weight is 699 g/mol. The molecule has 0 heterocycles. The van der Waals surface area contributed by atoms with Crippen LogP contribution in [0.1, 0.15) is 194 Å². The lowest BCUT2D eigenvalue weighted by Gasteiger charge is -2.15. The second-order valence-corrected chi connectivity index (χ2v) is 13.7. The number of allylic oxidation sites excluding steroid dienone is 10. The van der Waals surface area contributed by atoms with Crippen molar-refractivity contribution < 1.29 is 24.2 Å². The van der Waals surface area contributed by atoms with E-state index >= 15 is 0 Å². The lowest BCUT2D eigenvalue weighted by atomic mass is 10.1. The Labute approximate surface area is 309 Å². The minimum atomic E-state index is -0.788. The van der Waals surface area contributed by atoms with Crippen molar-refractivity contribution in [1.82, 2.24) is 0 Å². The molecule has 0 saturated heterocycles. The molecule has 0 spiro atoms. The highest BCUT2D eigenvalue weighted by Gasteiger charge is 2.16. The standard InChI is InChI=1S/C45H78O5/c1-3-5-7-9-11-13-15-17-19-21-22-24-25-27-29-31-33-35-37-39-44(47)49-42-43(41-46)50-45(48)40-38-36-34-32-30-28-26-23-20-18-16-14-12-10-8-6-4-2/h11,13,17-20,22,24,27,29,43,46H,3-10,12,14-16,21,23,25-26,28,30-42H2,1-2H3/b13-11-,19-17-,20-18-,24-22-,29-27-/t43-/m0/s1. The van der Waals surface area contributed by atoms with E-state index in [4.69, 9.17) is 9.47 Å². The first-order valence-corrected chi connectivity index (χ1v) is 20.8. The van der Waals surface area contributed by atoms with Crippen molar-refractivity contribution in [3.8, 4) is 0 Å². The average Bonchev–Trinajstić information content (AvgIpc) is 3.12. The zero-order valence-corrected chi connectivity index (χ0v) is 32.6. The summed E-state index contributed by atoms with van der Waals surface area (Å²) in [6, 6.07) is 0. The molecule has 0 unspecified atom stereocenters. The molecule has 0 amide bonds. The maximum absolute atomic E-state index is 12.2. The largest absolute Gasteiger partial charge is 0.462 e. The topological polar surface area (TPSA) is 72.8 Å². The van der Waals surface area contributed by atoms with Gasteiger partial charge in [-0.2, -0.15) is 0 Å². The van der Waals surface area contributed by atoms with Crippen molar-refractivity contribution in [3.05, 3.63) is 60.8 Å². The zero-order chi connectivity index (χ0) is 36.4. The molecule has 0 saturated carbocycles. The fourth-order valence-electron chi connectivity index (χ4n) is 5.59. The monoisotopic (exact) mass is 699 g/mol. The van der Waals surface area contributed by atoms with Crippen LogP contribution in [0.3, 0.4) is 0 Å². The van der Waals surface area contributed by atoms with E-state index in [0.717, 1.165) is 64.2 Å². The van der Waals surface area contributed by atoms with Gasteiger partial charge in [-0.05, 0) is 83.5 Å². The number of esters is 2. The molecule has 0 fully saturated rings. The minimum Gasteiger partial charge on any atom is -0.462 e. The molecular weight excluding hydrogens is 620 g/mol. The molecule has 0 radical (unpaired) electrons. The third kappa shape index (κ3) is 38.4. The van der Waals surface area contributed by atoms with Crippen molar-refractivity contribution in [1.29, 1.82) is 0 Å². The van der Waals surface area contributed by atoms with Gasteiger partial charge in [0, 0.05) is 12.8 Å². The number of aliphatic hydroxyl groups is 1. The molecule has 0 aromatic rings. The summed E-state index contributed by atoms with van der Waals surface area (Å²) in [5.41, 5.74) is 0. The van der Waals surface area contributed by atoms with Gasteiger partial charge in [0.1, 0.15) is 6.61 Å². The normalized spacial score (nSPS) is 12.8. The highest BCUT2D eigenvalue weighted by Crippen LogP contribution is 2.12. The predicted molar refractivity (Wildman–Crippen MR) is 214 cm³/mol. The number of rotatable bonds is 37. The minimum absolute atomic E-state index is 0.0858. The molecule has 0 aliphatic rings. The Balaban J connectivity index is 3.63. The van der Waals surface area contributed by atoms with Gasteiger partial charge < -0.3 is 14.6 Å². The van der Waals surface area contributed by atoms with E-state index < -0.39 is 6.10 Å². The highest BCUT2D eigenvalue weighted by atomic mass is 16.6. The zero-order valence-electron chi connectivity index (χ0n) is 32.6. The first kappa shape index (κ1) is 47.6. The molecule has 0 bridgehead atoms. The second kappa shape index (κ2) is 41.0. The maximum Gasteiger partial charge on any atom is 0.306 e. The van der Waals surface area contributed by atoms with Gasteiger partial charge in [-0.3, -0.25) is 9.59 Å². The van der Waals surface area contributed by atoms with Crippen LogP contribution in [0.2, 0.25) is 0 Å². The number of unbranched alkanes of at least 4 members (excludes halogenated alkanes) is 19. The lowest BCUT2D eigenvalue weighted by molar-refractivity contribution is -0.161. The van der Waals surface area contributed by atoms with Gasteiger partial charge in [-0.15, -0.1) is 0 Å². The van der Waals surface area contributed by atoms with Crippen molar-refractivity contribution in [3.63, 3.8) is 0 Å². The number of hydrogen-bond acceptors (Lipinski definition) is 5. The smallest absolute Gasteiger partial charge is 0.306 e. The number of aliphatic hydroxyl groups excluding tert-OH is 1. The van der Waals surface area contributed by atoms with E-state index in [1.165, 1.54) is 103 Å². The number of carbonyl (C=O) groups excluding carboxylic acids is 2. The summed E-state index contributed by atoms with van der Waals surface area (Å²) in [6.07, 6.45) is 52.8. The molecular formula is C45H78O5. The van der Waals surface area contributed by atoms with E-state index in [9.17, 15) is 14.7 Å².